The molecule has 9 heteroatoms. The Bertz CT molecular complexity index is 842. The Morgan fingerprint density at radius 3 is 2.23 bits per heavy atom. The molecule has 0 saturated carbocycles. The van der Waals surface area contributed by atoms with E-state index in [2.05, 4.69) is 0 Å². The van der Waals surface area contributed by atoms with Crippen molar-refractivity contribution in [3.8, 4) is 11.1 Å². The Morgan fingerprint density at radius 2 is 1.73 bits per heavy atom. The molecule has 5 N–H and O–H groups in total. The van der Waals surface area contributed by atoms with Gasteiger partial charge in [-0.15, -0.1) is 0 Å². The second-order valence-corrected chi connectivity index (χ2v) is 5.94. The number of hydrogen-bond donors (Lipinski definition) is 4. The molecule has 2 rings (SSSR count). The quantitative estimate of drug-likeness (QED) is 0.548. The van der Waals surface area contributed by atoms with E-state index < -0.39 is 34.4 Å². The molecule has 1 aromatic heterocycles. The first kappa shape index (κ1) is 16.3. The van der Waals surface area contributed by atoms with Gasteiger partial charge in [0, 0.05) is 14.2 Å². The third-order valence-electron chi connectivity index (χ3n) is 2.82. The fraction of sp³-hybridized carbons (Fsp3) is 0. The Hall–Kier alpha value is -2.07. The van der Waals surface area contributed by atoms with E-state index in [-0.39, 0.29) is 16.1 Å². The number of nitrogen functional groups attached to an aromatic ring is 1. The molecule has 0 spiro atoms. The van der Waals surface area contributed by atoms with E-state index in [0.29, 0.717) is 3.57 Å². The normalized spacial score (nSPS) is 10.5. The lowest BCUT2D eigenvalue weighted by Crippen LogP contribution is -2.24. The zero-order valence-electron chi connectivity index (χ0n) is 10.7. The van der Waals surface area contributed by atoms with Gasteiger partial charge in [-0.05, 0) is 46.4 Å². The van der Waals surface area contributed by atoms with Crippen molar-refractivity contribution in [2.75, 3.05) is 5.73 Å². The molecule has 0 atom stereocenters. The van der Waals surface area contributed by atoms with E-state index in [4.69, 9.17) is 17.3 Å². The first-order valence-electron chi connectivity index (χ1n) is 5.71. The molecule has 114 valence electrons. The van der Waals surface area contributed by atoms with Crippen LogP contribution in [0.25, 0.3) is 11.1 Å². The number of aromatic carboxylic acids is 2. The molecule has 0 radical (unpaired) electrons. The smallest absolute Gasteiger partial charge is 0.342 e. The highest BCUT2D eigenvalue weighted by Gasteiger charge is 2.26. The zero-order chi connectivity index (χ0) is 16.6. The summed E-state index contributed by atoms with van der Waals surface area (Å²) >= 11 is 7.86. The van der Waals surface area contributed by atoms with E-state index in [1.54, 1.807) is 6.07 Å². The monoisotopic (exact) mass is 434 g/mol. The van der Waals surface area contributed by atoms with Crippen LogP contribution in [0, 0.1) is 3.57 Å². The maximum absolute atomic E-state index is 11.9. The number of carboxylic acid groups (broad SMARTS) is 2. The second kappa shape index (κ2) is 5.97. The fourth-order valence-electron chi connectivity index (χ4n) is 2.03. The molecule has 0 saturated heterocycles. The van der Waals surface area contributed by atoms with Crippen LogP contribution in [0.2, 0.25) is 5.02 Å². The Kier molecular flexibility index (Phi) is 4.42. The average molecular weight is 435 g/mol. The summed E-state index contributed by atoms with van der Waals surface area (Å²) in [5.41, 5.74) is 3.27. The average Bonchev–Trinajstić information content (AvgIpc) is 2.35. The van der Waals surface area contributed by atoms with Crippen molar-refractivity contribution >= 4 is 51.9 Å². The maximum Gasteiger partial charge on any atom is 0.342 e. The molecule has 0 fully saturated rings. The number of pyridine rings is 1. The summed E-state index contributed by atoms with van der Waals surface area (Å²) in [5.74, 6) is -3.44. The van der Waals surface area contributed by atoms with Gasteiger partial charge in [-0.25, -0.2) is 9.59 Å². The second-order valence-electron chi connectivity index (χ2n) is 4.26. The molecule has 0 bridgehead atoms. The molecule has 0 amide bonds. The van der Waals surface area contributed by atoms with Crippen molar-refractivity contribution in [1.82, 2.24) is 4.98 Å². The highest BCUT2D eigenvalue weighted by atomic mass is 127. The summed E-state index contributed by atoms with van der Waals surface area (Å²) in [6.45, 7) is 0. The van der Waals surface area contributed by atoms with Gasteiger partial charge in [0.15, 0.2) is 0 Å². The van der Waals surface area contributed by atoms with Gasteiger partial charge < -0.3 is 20.9 Å². The summed E-state index contributed by atoms with van der Waals surface area (Å²) in [4.78, 5) is 36.7. The number of aromatic amines is 1. The lowest BCUT2D eigenvalue weighted by molar-refractivity contribution is 0.0695. The minimum Gasteiger partial charge on any atom is -0.478 e. The molecule has 22 heavy (non-hydrogen) atoms. The van der Waals surface area contributed by atoms with E-state index in [0.717, 1.165) is 0 Å². The van der Waals surface area contributed by atoms with Gasteiger partial charge >= 0.3 is 11.9 Å². The van der Waals surface area contributed by atoms with Crippen LogP contribution in [-0.2, 0) is 0 Å². The van der Waals surface area contributed by atoms with Crippen molar-refractivity contribution in [2.45, 2.75) is 0 Å². The van der Waals surface area contributed by atoms with E-state index in [1.807, 2.05) is 27.6 Å². The fourth-order valence-corrected chi connectivity index (χ4v) is 3.12. The van der Waals surface area contributed by atoms with E-state index in [1.165, 1.54) is 12.1 Å². The molecule has 0 aliphatic heterocycles. The van der Waals surface area contributed by atoms with Gasteiger partial charge in [-0.2, -0.15) is 0 Å². The summed E-state index contributed by atoms with van der Waals surface area (Å²) in [5, 5.41) is 18.8. The Balaban J connectivity index is 3.02. The summed E-state index contributed by atoms with van der Waals surface area (Å²) in [6.07, 6.45) is 0. The summed E-state index contributed by atoms with van der Waals surface area (Å²) < 4.78 is 0.645. The zero-order valence-corrected chi connectivity index (χ0v) is 13.6. The van der Waals surface area contributed by atoms with E-state index >= 15 is 0 Å². The SMILES string of the molecule is Nc1[nH]c(=O)c(C(=O)O)c(-c2cc(Cl)cc(I)c2)c1C(=O)O. The van der Waals surface area contributed by atoms with Gasteiger partial charge in [0.2, 0.25) is 0 Å². The maximum atomic E-state index is 11.9. The number of nitrogens with two attached hydrogens (primary N) is 1. The van der Waals surface area contributed by atoms with Gasteiger partial charge in [0.1, 0.15) is 16.9 Å². The van der Waals surface area contributed by atoms with Gasteiger partial charge in [-0.1, -0.05) is 11.6 Å². The standard InChI is InChI=1S/C13H8ClIN2O5/c14-5-1-4(2-6(15)3-5)7-8(12(19)20)10(16)17-11(18)9(7)13(21)22/h1-3H,(H,19,20)(H,21,22)(H3,16,17,18). The predicted molar refractivity (Wildman–Crippen MR) is 88.6 cm³/mol. The van der Waals surface area contributed by atoms with Crippen molar-refractivity contribution in [1.29, 1.82) is 0 Å². The number of rotatable bonds is 3. The number of halogens is 2. The summed E-state index contributed by atoms with van der Waals surface area (Å²) in [6, 6.07) is 4.49. The molecule has 0 aliphatic carbocycles. The van der Waals surface area contributed by atoms with Crippen molar-refractivity contribution < 1.29 is 19.8 Å². The molecular formula is C13H8ClIN2O5. The lowest BCUT2D eigenvalue weighted by Gasteiger charge is -2.12. The molecule has 0 aliphatic rings. The summed E-state index contributed by atoms with van der Waals surface area (Å²) in [7, 11) is 0. The van der Waals surface area contributed by atoms with Crippen LogP contribution in [0.15, 0.2) is 23.0 Å². The van der Waals surface area contributed by atoms with Crippen LogP contribution in [0.4, 0.5) is 5.82 Å². The van der Waals surface area contributed by atoms with Crippen LogP contribution in [0.5, 0.6) is 0 Å². The number of hydrogen-bond acceptors (Lipinski definition) is 4. The van der Waals surface area contributed by atoms with Crippen LogP contribution in [0.3, 0.4) is 0 Å². The van der Waals surface area contributed by atoms with E-state index in [9.17, 15) is 24.6 Å². The number of carbonyl (C=O) groups is 2. The van der Waals surface area contributed by atoms with Crippen molar-refractivity contribution in [3.05, 3.63) is 48.3 Å². The Labute approximate surface area is 141 Å². The number of nitrogens with one attached hydrogen (secondary N) is 1. The topological polar surface area (TPSA) is 133 Å². The van der Waals surface area contributed by atoms with Crippen LogP contribution in [-0.4, -0.2) is 27.1 Å². The number of benzene rings is 1. The van der Waals surface area contributed by atoms with Crippen molar-refractivity contribution in [2.24, 2.45) is 0 Å². The van der Waals surface area contributed by atoms with Gasteiger partial charge in [-0.3, -0.25) is 4.79 Å². The first-order chi connectivity index (χ1) is 10.2. The third-order valence-corrected chi connectivity index (χ3v) is 3.66. The predicted octanol–water partition coefficient (Wildman–Crippen LogP) is 2.28. The first-order valence-corrected chi connectivity index (χ1v) is 7.16. The number of carboxylic acids is 2. The number of anilines is 1. The third kappa shape index (κ3) is 2.92. The molecule has 1 aromatic carbocycles. The minimum atomic E-state index is -1.56. The van der Waals surface area contributed by atoms with Crippen LogP contribution < -0.4 is 11.3 Å². The number of H-pyrrole nitrogens is 1. The highest BCUT2D eigenvalue weighted by molar-refractivity contribution is 14.1. The largest absolute Gasteiger partial charge is 0.478 e. The highest BCUT2D eigenvalue weighted by Crippen LogP contribution is 2.32. The van der Waals surface area contributed by atoms with Crippen molar-refractivity contribution in [3.63, 3.8) is 0 Å². The van der Waals surface area contributed by atoms with Gasteiger partial charge in [0.25, 0.3) is 5.56 Å². The van der Waals surface area contributed by atoms with Gasteiger partial charge in [0.05, 0.1) is 0 Å². The molecular weight excluding hydrogens is 427 g/mol. The minimum absolute atomic E-state index is 0.185. The molecule has 2 aromatic rings. The van der Waals surface area contributed by atoms with Crippen LogP contribution >= 0.6 is 34.2 Å². The Morgan fingerprint density at radius 1 is 1.14 bits per heavy atom. The van der Waals surface area contributed by atoms with Crippen LogP contribution in [0.1, 0.15) is 20.7 Å². The molecule has 1 heterocycles. The molecule has 0 unspecified atom stereocenters. The lowest BCUT2D eigenvalue weighted by atomic mass is 9.95. The number of aromatic nitrogens is 1. The molecule has 7 nitrogen and oxygen atoms in total.